The molecule has 0 fully saturated rings. The number of rotatable bonds is 0. The van der Waals surface area contributed by atoms with E-state index >= 15 is 0 Å². The van der Waals surface area contributed by atoms with Crippen LogP contribution >= 0.6 is 0 Å². The number of ether oxygens (including phenoxy) is 2. The first kappa shape index (κ1) is 14.2. The van der Waals surface area contributed by atoms with Gasteiger partial charge in [0.15, 0.2) is 0 Å². The second-order valence-electron chi connectivity index (χ2n) is 4.52. The Labute approximate surface area is 117 Å². The molecule has 1 aromatic rings. The van der Waals surface area contributed by atoms with Gasteiger partial charge in [0, 0.05) is 11.4 Å². The Morgan fingerprint density at radius 2 is 1.30 bits per heavy atom. The molecule has 0 aromatic heterocycles. The molecule has 0 saturated carbocycles. The minimum Gasteiger partial charge on any atom is -0.449 e. The molecule has 0 atom stereocenters. The van der Waals surface area contributed by atoms with Crippen molar-refractivity contribution in [2.45, 2.75) is 25.7 Å². The van der Waals surface area contributed by atoms with E-state index in [2.05, 4.69) is 10.6 Å². The van der Waals surface area contributed by atoms with Crippen LogP contribution in [0.3, 0.4) is 0 Å². The number of benzene rings is 1. The van der Waals surface area contributed by atoms with Crippen molar-refractivity contribution in [3.63, 3.8) is 0 Å². The van der Waals surface area contributed by atoms with Gasteiger partial charge in [0.05, 0.1) is 13.2 Å². The van der Waals surface area contributed by atoms with Crippen LogP contribution < -0.4 is 10.6 Å². The van der Waals surface area contributed by atoms with Crippen LogP contribution in [0.2, 0.25) is 0 Å². The van der Waals surface area contributed by atoms with Gasteiger partial charge in [-0.1, -0.05) is 6.07 Å². The van der Waals surface area contributed by atoms with Crippen LogP contribution in [-0.4, -0.2) is 25.4 Å². The average Bonchev–Trinajstić information content (AvgIpc) is 2.41. The average molecular weight is 278 g/mol. The summed E-state index contributed by atoms with van der Waals surface area (Å²) in [4.78, 5) is 23.1. The number of amides is 2. The molecule has 1 heterocycles. The normalized spacial score (nSPS) is 17.6. The summed E-state index contributed by atoms with van der Waals surface area (Å²) in [5.41, 5.74) is 1.12. The predicted molar refractivity (Wildman–Crippen MR) is 74.9 cm³/mol. The number of carbonyl (C=O) groups excluding carboxylic acids is 2. The maximum atomic E-state index is 11.5. The topological polar surface area (TPSA) is 76.7 Å². The third-order valence-electron chi connectivity index (χ3n) is 2.86. The summed E-state index contributed by atoms with van der Waals surface area (Å²) in [7, 11) is 0. The maximum Gasteiger partial charge on any atom is 0.411 e. The van der Waals surface area contributed by atoms with Crippen molar-refractivity contribution in [1.29, 1.82) is 0 Å². The minimum absolute atomic E-state index is 0.392. The van der Waals surface area contributed by atoms with E-state index in [1.165, 1.54) is 0 Å². The van der Waals surface area contributed by atoms with Crippen molar-refractivity contribution in [3.05, 3.63) is 24.3 Å². The monoisotopic (exact) mass is 278 g/mol. The summed E-state index contributed by atoms with van der Waals surface area (Å²) in [6.07, 6.45) is 2.51. The zero-order chi connectivity index (χ0) is 14.2. The number of anilines is 2. The van der Waals surface area contributed by atoms with Crippen LogP contribution in [0.4, 0.5) is 21.0 Å². The van der Waals surface area contributed by atoms with Gasteiger partial charge in [0.1, 0.15) is 0 Å². The van der Waals surface area contributed by atoms with Gasteiger partial charge >= 0.3 is 12.2 Å². The highest BCUT2D eigenvalue weighted by Gasteiger charge is 2.07. The number of carbonyl (C=O) groups is 2. The highest BCUT2D eigenvalue weighted by molar-refractivity contribution is 5.88. The van der Waals surface area contributed by atoms with Gasteiger partial charge in [-0.15, -0.1) is 0 Å². The van der Waals surface area contributed by atoms with Crippen molar-refractivity contribution in [2.75, 3.05) is 23.8 Å². The highest BCUT2D eigenvalue weighted by Crippen LogP contribution is 2.16. The number of fused-ring (bicyclic) bond motifs is 2. The van der Waals surface area contributed by atoms with E-state index in [4.69, 9.17) is 9.47 Å². The molecule has 6 heteroatoms. The van der Waals surface area contributed by atoms with Crippen molar-refractivity contribution in [3.8, 4) is 0 Å². The quantitative estimate of drug-likeness (QED) is 0.763. The first-order valence-corrected chi connectivity index (χ1v) is 6.72. The standard InChI is InChI=1S/C14H18N2O4/c17-13-15-11-6-5-7-12(10-11)16-14(18)20-9-4-2-1-3-8-19-13/h5-7,10H,1-4,8-9H2,(H,15,17)(H,16,18). The molecule has 108 valence electrons. The fourth-order valence-corrected chi connectivity index (χ4v) is 1.87. The molecule has 1 aliphatic rings. The highest BCUT2D eigenvalue weighted by atomic mass is 16.6. The Bertz CT molecular complexity index is 437. The zero-order valence-corrected chi connectivity index (χ0v) is 11.2. The number of cyclic esters (lactones) is 2. The minimum atomic E-state index is -0.486. The number of hydrogen-bond donors (Lipinski definition) is 2. The summed E-state index contributed by atoms with van der Waals surface area (Å²) in [5.74, 6) is 0. The fourth-order valence-electron chi connectivity index (χ4n) is 1.87. The summed E-state index contributed by atoms with van der Waals surface area (Å²) in [5, 5.41) is 5.23. The van der Waals surface area contributed by atoms with Crippen molar-refractivity contribution >= 4 is 23.6 Å². The van der Waals surface area contributed by atoms with Crippen LogP contribution in [0.5, 0.6) is 0 Å². The molecular weight excluding hydrogens is 260 g/mol. The Hall–Kier alpha value is -2.24. The van der Waals surface area contributed by atoms with E-state index in [9.17, 15) is 9.59 Å². The lowest BCUT2D eigenvalue weighted by Crippen LogP contribution is -2.15. The summed E-state index contributed by atoms with van der Waals surface area (Å²) < 4.78 is 10.1. The van der Waals surface area contributed by atoms with Crippen LogP contribution in [-0.2, 0) is 9.47 Å². The maximum absolute atomic E-state index is 11.5. The smallest absolute Gasteiger partial charge is 0.411 e. The molecule has 0 saturated heterocycles. The van der Waals surface area contributed by atoms with E-state index < -0.39 is 12.2 Å². The van der Waals surface area contributed by atoms with Gasteiger partial charge in [0.25, 0.3) is 0 Å². The number of hydrogen-bond acceptors (Lipinski definition) is 4. The van der Waals surface area contributed by atoms with E-state index in [0.29, 0.717) is 24.6 Å². The molecule has 0 unspecified atom stereocenters. The molecule has 2 amide bonds. The van der Waals surface area contributed by atoms with Crippen LogP contribution in [0.15, 0.2) is 24.3 Å². The Balaban J connectivity index is 2.04. The molecule has 0 radical (unpaired) electrons. The van der Waals surface area contributed by atoms with Gasteiger partial charge in [0.2, 0.25) is 0 Å². The lowest BCUT2D eigenvalue weighted by molar-refractivity contribution is 0.153. The van der Waals surface area contributed by atoms with E-state index in [0.717, 1.165) is 25.7 Å². The van der Waals surface area contributed by atoms with Crippen LogP contribution in [0, 0.1) is 0 Å². The Morgan fingerprint density at radius 3 is 1.80 bits per heavy atom. The molecule has 0 spiro atoms. The lowest BCUT2D eigenvalue weighted by atomic mass is 10.2. The van der Waals surface area contributed by atoms with Gasteiger partial charge in [-0.2, -0.15) is 0 Å². The summed E-state index contributed by atoms with van der Waals surface area (Å²) in [6, 6.07) is 6.80. The van der Waals surface area contributed by atoms with Gasteiger partial charge in [-0.05, 0) is 43.9 Å². The van der Waals surface area contributed by atoms with Gasteiger partial charge in [-0.25, -0.2) is 9.59 Å². The molecule has 2 N–H and O–H groups in total. The first-order chi connectivity index (χ1) is 9.74. The second-order valence-corrected chi connectivity index (χ2v) is 4.52. The van der Waals surface area contributed by atoms with Crippen molar-refractivity contribution < 1.29 is 19.1 Å². The zero-order valence-electron chi connectivity index (χ0n) is 11.2. The van der Waals surface area contributed by atoms with Crippen LogP contribution in [0.25, 0.3) is 0 Å². The third-order valence-corrected chi connectivity index (χ3v) is 2.86. The van der Waals surface area contributed by atoms with Gasteiger partial charge in [-0.3, -0.25) is 10.6 Å². The van der Waals surface area contributed by atoms with Crippen molar-refractivity contribution in [1.82, 2.24) is 0 Å². The molecule has 2 rings (SSSR count). The third kappa shape index (κ3) is 4.79. The number of nitrogens with one attached hydrogen (secondary N) is 2. The molecule has 6 nitrogen and oxygen atoms in total. The fraction of sp³-hybridized carbons (Fsp3) is 0.429. The van der Waals surface area contributed by atoms with E-state index in [-0.39, 0.29) is 0 Å². The Kier molecular flexibility index (Phi) is 5.23. The molecule has 20 heavy (non-hydrogen) atoms. The first-order valence-electron chi connectivity index (χ1n) is 6.72. The molecular formula is C14H18N2O4. The second kappa shape index (κ2) is 7.37. The Morgan fingerprint density at radius 1 is 0.800 bits per heavy atom. The SMILES string of the molecule is O=C1Nc2cccc(c2)NC(=O)OCCCCCCO1. The van der Waals surface area contributed by atoms with E-state index in [1.54, 1.807) is 24.3 Å². The predicted octanol–water partition coefficient (Wildman–Crippen LogP) is 3.36. The molecule has 2 bridgehead atoms. The van der Waals surface area contributed by atoms with Gasteiger partial charge < -0.3 is 9.47 Å². The molecule has 1 aromatic carbocycles. The van der Waals surface area contributed by atoms with Crippen LogP contribution in [0.1, 0.15) is 25.7 Å². The van der Waals surface area contributed by atoms with Crippen molar-refractivity contribution in [2.24, 2.45) is 0 Å². The lowest BCUT2D eigenvalue weighted by Gasteiger charge is -2.08. The molecule has 1 aliphatic heterocycles. The summed E-state index contributed by atoms with van der Waals surface area (Å²) >= 11 is 0. The van der Waals surface area contributed by atoms with E-state index in [1.807, 2.05) is 0 Å². The largest absolute Gasteiger partial charge is 0.449 e. The molecule has 0 aliphatic carbocycles. The summed E-state index contributed by atoms with van der Waals surface area (Å²) in [6.45, 7) is 0.785.